The van der Waals surface area contributed by atoms with Crippen molar-refractivity contribution in [3.05, 3.63) is 41.8 Å². The predicted octanol–water partition coefficient (Wildman–Crippen LogP) is 4.04. The molecule has 31 heavy (non-hydrogen) atoms. The second-order valence-electron chi connectivity index (χ2n) is 8.39. The first kappa shape index (κ1) is 23.0. The van der Waals surface area contributed by atoms with Gasteiger partial charge in [0.05, 0.1) is 11.6 Å². The molecule has 0 aliphatic carbocycles. The van der Waals surface area contributed by atoms with Crippen molar-refractivity contribution in [3.8, 4) is 11.3 Å². The summed E-state index contributed by atoms with van der Waals surface area (Å²) < 4.78 is 13.1. The summed E-state index contributed by atoms with van der Waals surface area (Å²) in [5, 5.41) is 7.37. The first-order valence-electron chi connectivity index (χ1n) is 11.3. The Morgan fingerprint density at radius 2 is 2.00 bits per heavy atom. The monoisotopic (exact) mass is 428 g/mol. The van der Waals surface area contributed by atoms with Gasteiger partial charge in [-0.3, -0.25) is 14.7 Å². The molecule has 1 saturated heterocycles. The van der Waals surface area contributed by atoms with Crippen molar-refractivity contribution < 1.29 is 14.0 Å². The summed E-state index contributed by atoms with van der Waals surface area (Å²) in [5.74, 6) is -0.0185. The van der Waals surface area contributed by atoms with E-state index in [9.17, 15) is 14.0 Å². The number of nitrogens with zero attached hydrogens (tertiary/aromatic N) is 3. The molecule has 1 unspecified atom stereocenters. The lowest BCUT2D eigenvalue weighted by Gasteiger charge is -2.34. The predicted molar refractivity (Wildman–Crippen MR) is 119 cm³/mol. The molecule has 0 radical (unpaired) electrons. The standard InChI is InChI=1S/C24H33FN4O2/c1-3-23(30)29-15-7-8-19(17-29)24(31)28(2)14-6-4-5-9-21-16-22(27-26-21)18-10-12-20(25)13-11-18/h10-13,16,19H,3-9,14-15,17H2,1-2H3,(H,26,27). The highest BCUT2D eigenvalue weighted by molar-refractivity contribution is 5.81. The van der Waals surface area contributed by atoms with E-state index in [4.69, 9.17) is 0 Å². The molecule has 0 saturated carbocycles. The lowest BCUT2D eigenvalue weighted by Crippen LogP contribution is -2.45. The Kier molecular flexibility index (Phi) is 8.20. The van der Waals surface area contributed by atoms with Gasteiger partial charge < -0.3 is 9.80 Å². The number of benzene rings is 1. The van der Waals surface area contributed by atoms with Gasteiger partial charge in [-0.05, 0) is 62.4 Å². The molecule has 7 heteroatoms. The molecule has 168 valence electrons. The minimum absolute atomic E-state index is 0.0656. The second kappa shape index (κ2) is 11.1. The van der Waals surface area contributed by atoms with Crippen molar-refractivity contribution >= 4 is 11.8 Å². The minimum Gasteiger partial charge on any atom is -0.345 e. The van der Waals surface area contributed by atoms with E-state index in [1.165, 1.54) is 12.1 Å². The number of unbranched alkanes of at least 4 members (excludes halogenated alkanes) is 2. The van der Waals surface area contributed by atoms with Gasteiger partial charge in [-0.2, -0.15) is 5.10 Å². The summed E-state index contributed by atoms with van der Waals surface area (Å²) in [6.45, 7) is 3.94. The van der Waals surface area contributed by atoms with Crippen LogP contribution < -0.4 is 0 Å². The molecular weight excluding hydrogens is 395 g/mol. The summed E-state index contributed by atoms with van der Waals surface area (Å²) >= 11 is 0. The Hall–Kier alpha value is -2.70. The third-order valence-corrected chi connectivity index (χ3v) is 6.01. The lowest BCUT2D eigenvalue weighted by molar-refractivity contribution is -0.139. The fourth-order valence-electron chi connectivity index (χ4n) is 4.15. The van der Waals surface area contributed by atoms with Gasteiger partial charge in [-0.25, -0.2) is 4.39 Å². The van der Waals surface area contributed by atoms with Gasteiger partial charge in [0.1, 0.15) is 5.82 Å². The third-order valence-electron chi connectivity index (χ3n) is 6.01. The van der Waals surface area contributed by atoms with Crippen LogP contribution in [0.3, 0.4) is 0 Å². The first-order valence-corrected chi connectivity index (χ1v) is 11.3. The van der Waals surface area contributed by atoms with Gasteiger partial charge in [0.15, 0.2) is 0 Å². The Morgan fingerprint density at radius 1 is 1.23 bits per heavy atom. The molecule has 0 spiro atoms. The zero-order valence-electron chi connectivity index (χ0n) is 18.6. The highest BCUT2D eigenvalue weighted by Crippen LogP contribution is 2.20. The Bertz CT molecular complexity index is 865. The number of nitrogens with one attached hydrogen (secondary N) is 1. The number of halogens is 1. The van der Waals surface area contributed by atoms with Crippen LogP contribution in [0.25, 0.3) is 11.3 Å². The highest BCUT2D eigenvalue weighted by Gasteiger charge is 2.29. The second-order valence-corrected chi connectivity index (χ2v) is 8.39. The number of hydrogen-bond acceptors (Lipinski definition) is 3. The van der Waals surface area contributed by atoms with Gasteiger partial charge in [-0.1, -0.05) is 13.3 Å². The van der Waals surface area contributed by atoms with Gasteiger partial charge in [-0.15, -0.1) is 0 Å². The van der Waals surface area contributed by atoms with Crippen molar-refractivity contribution in [2.75, 3.05) is 26.7 Å². The number of aryl methyl sites for hydroxylation is 1. The number of hydrogen-bond donors (Lipinski definition) is 1. The highest BCUT2D eigenvalue weighted by atomic mass is 19.1. The molecule has 1 aromatic heterocycles. The number of aromatic nitrogens is 2. The van der Waals surface area contributed by atoms with Gasteiger partial charge in [0.25, 0.3) is 0 Å². The quantitative estimate of drug-likeness (QED) is 0.613. The molecule has 1 aliphatic heterocycles. The number of H-pyrrole nitrogens is 1. The van der Waals surface area contributed by atoms with Crippen molar-refractivity contribution in [2.45, 2.75) is 51.9 Å². The van der Waals surface area contributed by atoms with Gasteiger partial charge in [0, 0.05) is 44.4 Å². The van der Waals surface area contributed by atoms with E-state index >= 15 is 0 Å². The molecule has 3 rings (SSSR count). The van der Waals surface area contributed by atoms with Crippen molar-refractivity contribution in [3.63, 3.8) is 0 Å². The summed E-state index contributed by atoms with van der Waals surface area (Å²) in [5.41, 5.74) is 2.78. The van der Waals surface area contributed by atoms with Crippen molar-refractivity contribution in [2.24, 2.45) is 5.92 Å². The molecule has 1 N–H and O–H groups in total. The van der Waals surface area contributed by atoms with E-state index in [0.29, 0.717) is 13.0 Å². The maximum Gasteiger partial charge on any atom is 0.227 e. The molecule has 1 aromatic carbocycles. The Balaban J connectivity index is 1.36. The van der Waals surface area contributed by atoms with Gasteiger partial charge >= 0.3 is 0 Å². The molecule has 0 bridgehead atoms. The summed E-state index contributed by atoms with van der Waals surface area (Å²) in [7, 11) is 1.87. The molecule has 1 aliphatic rings. The number of rotatable bonds is 9. The van der Waals surface area contributed by atoms with E-state index in [2.05, 4.69) is 10.2 Å². The summed E-state index contributed by atoms with van der Waals surface area (Å²) in [6, 6.07) is 8.34. The number of aromatic amines is 1. The summed E-state index contributed by atoms with van der Waals surface area (Å²) in [4.78, 5) is 28.4. The zero-order chi connectivity index (χ0) is 22.2. The van der Waals surface area contributed by atoms with E-state index in [1.54, 1.807) is 12.1 Å². The van der Waals surface area contributed by atoms with Crippen LogP contribution >= 0.6 is 0 Å². The fourth-order valence-corrected chi connectivity index (χ4v) is 4.15. The van der Waals surface area contributed by atoms with Crippen LogP contribution in [0.1, 0.15) is 51.1 Å². The maximum absolute atomic E-state index is 13.1. The van der Waals surface area contributed by atoms with E-state index < -0.39 is 0 Å². The summed E-state index contributed by atoms with van der Waals surface area (Å²) in [6.07, 6.45) is 6.14. The van der Waals surface area contributed by atoms with Crippen LogP contribution in [-0.4, -0.2) is 58.5 Å². The first-order chi connectivity index (χ1) is 15.0. The van der Waals surface area contributed by atoms with Crippen molar-refractivity contribution in [1.29, 1.82) is 0 Å². The smallest absolute Gasteiger partial charge is 0.227 e. The average Bonchev–Trinajstić information content (AvgIpc) is 3.27. The molecule has 2 aromatic rings. The van der Waals surface area contributed by atoms with E-state index in [-0.39, 0.29) is 23.5 Å². The molecule has 2 heterocycles. The largest absolute Gasteiger partial charge is 0.345 e. The van der Waals surface area contributed by atoms with Crippen LogP contribution in [-0.2, 0) is 16.0 Å². The average molecular weight is 429 g/mol. The van der Waals surface area contributed by atoms with Crippen LogP contribution in [0.15, 0.2) is 30.3 Å². The normalized spacial score (nSPS) is 16.4. The Labute approximate surface area is 183 Å². The van der Waals surface area contributed by atoms with Crippen LogP contribution in [0.5, 0.6) is 0 Å². The number of likely N-dealkylation sites (tertiary alicyclic amines) is 1. The molecular formula is C24H33FN4O2. The van der Waals surface area contributed by atoms with Crippen molar-refractivity contribution in [1.82, 2.24) is 20.0 Å². The molecule has 1 fully saturated rings. The van der Waals surface area contributed by atoms with Crippen LogP contribution in [0, 0.1) is 11.7 Å². The van der Waals surface area contributed by atoms with E-state index in [1.807, 2.05) is 29.8 Å². The van der Waals surface area contributed by atoms with Gasteiger partial charge in [0.2, 0.25) is 11.8 Å². The van der Waals surface area contributed by atoms with E-state index in [0.717, 1.165) is 68.6 Å². The number of piperidine rings is 1. The third kappa shape index (κ3) is 6.39. The SMILES string of the molecule is CCC(=O)N1CCCC(C(=O)N(C)CCCCCc2cc(-c3ccc(F)cc3)n[nH]2)C1. The number of amides is 2. The molecule has 2 amide bonds. The van der Waals surface area contributed by atoms with Crippen LogP contribution in [0.4, 0.5) is 4.39 Å². The minimum atomic E-state index is -0.252. The molecule has 6 nitrogen and oxygen atoms in total. The maximum atomic E-state index is 13.1. The zero-order valence-corrected chi connectivity index (χ0v) is 18.6. The fraction of sp³-hybridized carbons (Fsp3) is 0.542. The lowest BCUT2D eigenvalue weighted by atomic mass is 9.96. The van der Waals surface area contributed by atoms with Crippen LogP contribution in [0.2, 0.25) is 0 Å². The molecule has 1 atom stereocenters. The number of carbonyl (C=O) groups excluding carboxylic acids is 2. The topological polar surface area (TPSA) is 69.3 Å². The number of carbonyl (C=O) groups is 2. The Morgan fingerprint density at radius 3 is 2.74 bits per heavy atom.